The highest BCUT2D eigenvalue weighted by Gasteiger charge is 2.36. The summed E-state index contributed by atoms with van der Waals surface area (Å²) in [4.78, 5) is 10.3. The normalized spacial score (nSPS) is 14.4. The van der Waals surface area contributed by atoms with Gasteiger partial charge in [0.15, 0.2) is 0 Å². The van der Waals surface area contributed by atoms with Crippen molar-refractivity contribution < 1.29 is 22.7 Å². The zero-order valence-electron chi connectivity index (χ0n) is 7.47. The zero-order valence-corrected chi connectivity index (χ0v) is 9.06. The molecule has 82 valence electrons. The molecule has 0 saturated carbocycles. The van der Waals surface area contributed by atoms with Gasteiger partial charge in [-0.05, 0) is 6.42 Å². The fraction of sp³-hybridized carbons (Fsp3) is 0.625. The Bertz CT molecular complexity index is 209. The van der Waals surface area contributed by atoms with Crippen molar-refractivity contribution in [1.82, 2.24) is 0 Å². The molecule has 2 nitrogen and oxygen atoms in total. The topological polar surface area (TPSA) is 26.3 Å². The number of hydrogen-bond donors (Lipinski definition) is 0. The Hall–Kier alpha value is -0.520. The van der Waals surface area contributed by atoms with Crippen molar-refractivity contribution in [2.24, 2.45) is 0 Å². The van der Waals surface area contributed by atoms with E-state index in [1.165, 1.54) is 0 Å². The molecule has 0 bridgehead atoms. The minimum atomic E-state index is -4.82. The number of carbonyl (C=O) groups excluding carboxylic acids is 1. The van der Waals surface area contributed by atoms with E-state index in [9.17, 15) is 18.0 Å². The van der Waals surface area contributed by atoms with E-state index < -0.39 is 12.0 Å². The van der Waals surface area contributed by atoms with Gasteiger partial charge in [0, 0.05) is 11.4 Å². The first-order chi connectivity index (χ1) is 6.41. The first-order valence-corrected chi connectivity index (χ1v) is 5.03. The molecule has 0 rings (SSSR count). The third-order valence-corrected chi connectivity index (χ3v) is 2.12. The van der Waals surface area contributed by atoms with Crippen LogP contribution in [0.25, 0.3) is 0 Å². The van der Waals surface area contributed by atoms with E-state index in [1.54, 1.807) is 0 Å². The second-order valence-electron chi connectivity index (χ2n) is 2.49. The predicted octanol–water partition coefficient (Wildman–Crippen LogP) is 2.82. The summed E-state index contributed by atoms with van der Waals surface area (Å²) in [5.41, 5.74) is 0. The summed E-state index contributed by atoms with van der Waals surface area (Å²) in [5.74, 6) is -1.91. The van der Waals surface area contributed by atoms with Gasteiger partial charge in [0.2, 0.25) is 0 Å². The lowest BCUT2D eigenvalue weighted by Crippen LogP contribution is -2.20. The molecule has 0 fully saturated rings. The Morgan fingerprint density at radius 1 is 1.57 bits per heavy atom. The van der Waals surface area contributed by atoms with Crippen molar-refractivity contribution in [3.8, 4) is 0 Å². The molecule has 14 heavy (non-hydrogen) atoms. The van der Waals surface area contributed by atoms with E-state index >= 15 is 0 Å². The molecule has 0 amide bonds. The van der Waals surface area contributed by atoms with Crippen LogP contribution in [-0.2, 0) is 9.53 Å². The fourth-order valence-corrected chi connectivity index (χ4v) is 1.16. The minimum Gasteiger partial charge on any atom is -0.497 e. The van der Waals surface area contributed by atoms with Gasteiger partial charge in [-0.1, -0.05) is 22.9 Å². The van der Waals surface area contributed by atoms with Crippen LogP contribution in [0.1, 0.15) is 13.3 Å². The van der Waals surface area contributed by atoms with Gasteiger partial charge >= 0.3 is 6.18 Å². The molecule has 6 heteroatoms. The van der Waals surface area contributed by atoms with Crippen molar-refractivity contribution in [3.63, 3.8) is 0 Å². The van der Waals surface area contributed by atoms with E-state index in [4.69, 9.17) is 4.74 Å². The summed E-state index contributed by atoms with van der Waals surface area (Å²) in [6, 6.07) is 0. The Morgan fingerprint density at radius 3 is 2.50 bits per heavy atom. The predicted molar refractivity (Wildman–Crippen MR) is 49.2 cm³/mol. The van der Waals surface area contributed by atoms with Crippen molar-refractivity contribution in [3.05, 3.63) is 12.3 Å². The van der Waals surface area contributed by atoms with Crippen LogP contribution < -0.4 is 0 Å². The van der Waals surface area contributed by atoms with Crippen molar-refractivity contribution in [1.29, 1.82) is 0 Å². The standard InChI is InChI=1S/C8H10BrF3O2/c1-2-6(5-9)14-4-3-7(13)8(10,11)12/h3-4,6H,2,5H2,1H3. The van der Waals surface area contributed by atoms with Crippen LogP contribution in [0, 0.1) is 0 Å². The highest BCUT2D eigenvalue weighted by molar-refractivity contribution is 9.09. The Labute approximate surface area is 88.2 Å². The number of allylic oxidation sites excluding steroid dienone is 1. The quantitative estimate of drug-likeness (QED) is 0.438. The molecule has 1 atom stereocenters. The van der Waals surface area contributed by atoms with E-state index in [0.717, 1.165) is 6.26 Å². The summed E-state index contributed by atoms with van der Waals surface area (Å²) >= 11 is 3.12. The van der Waals surface area contributed by atoms with Gasteiger partial charge in [-0.2, -0.15) is 13.2 Å². The number of hydrogen-bond acceptors (Lipinski definition) is 2. The average molecular weight is 275 g/mol. The summed E-state index contributed by atoms with van der Waals surface area (Å²) in [5, 5.41) is 0.508. The largest absolute Gasteiger partial charge is 0.497 e. The van der Waals surface area contributed by atoms with Gasteiger partial charge in [-0.15, -0.1) is 0 Å². The number of carbonyl (C=O) groups is 1. The number of halogens is 4. The number of ketones is 1. The third-order valence-electron chi connectivity index (χ3n) is 1.40. The highest BCUT2D eigenvalue weighted by atomic mass is 79.9. The van der Waals surface area contributed by atoms with Crippen molar-refractivity contribution >= 4 is 21.7 Å². The van der Waals surface area contributed by atoms with Crippen LogP contribution >= 0.6 is 15.9 Å². The Morgan fingerprint density at radius 2 is 2.14 bits per heavy atom. The molecule has 0 aromatic heterocycles. The molecule has 0 saturated heterocycles. The lowest BCUT2D eigenvalue weighted by atomic mass is 10.3. The van der Waals surface area contributed by atoms with Gasteiger partial charge in [-0.3, -0.25) is 4.79 Å². The first-order valence-electron chi connectivity index (χ1n) is 3.91. The SMILES string of the molecule is CCC(CBr)OC=CC(=O)C(F)(F)F. The van der Waals surface area contributed by atoms with Gasteiger partial charge in [-0.25, -0.2) is 0 Å². The Balaban J connectivity index is 4.00. The molecule has 0 N–H and O–H groups in total. The minimum absolute atomic E-state index is 0.215. The molecule has 0 aliphatic heterocycles. The molecule has 0 aliphatic rings. The average Bonchev–Trinajstić information content (AvgIpc) is 2.10. The van der Waals surface area contributed by atoms with Gasteiger partial charge in [0.1, 0.15) is 6.10 Å². The van der Waals surface area contributed by atoms with Gasteiger partial charge in [0.25, 0.3) is 5.78 Å². The number of rotatable bonds is 5. The second kappa shape index (κ2) is 6.06. The molecule has 0 spiro atoms. The molecular weight excluding hydrogens is 265 g/mol. The smallest absolute Gasteiger partial charge is 0.454 e. The monoisotopic (exact) mass is 274 g/mol. The summed E-state index contributed by atoms with van der Waals surface area (Å²) < 4.78 is 39.9. The van der Waals surface area contributed by atoms with Gasteiger partial charge in [0.05, 0.1) is 6.26 Å². The van der Waals surface area contributed by atoms with Crippen molar-refractivity contribution in [2.75, 3.05) is 5.33 Å². The maximum absolute atomic E-state index is 11.7. The first kappa shape index (κ1) is 13.5. The molecule has 0 radical (unpaired) electrons. The summed E-state index contributed by atoms with van der Waals surface area (Å²) in [6.07, 6.45) is -3.23. The maximum Gasteiger partial charge on any atom is 0.454 e. The van der Waals surface area contributed by atoms with Crippen LogP contribution in [0.15, 0.2) is 12.3 Å². The second-order valence-corrected chi connectivity index (χ2v) is 3.13. The maximum atomic E-state index is 11.7. The Kier molecular flexibility index (Phi) is 5.83. The number of ether oxygens (including phenoxy) is 1. The van der Waals surface area contributed by atoms with Crippen LogP contribution in [0.4, 0.5) is 13.2 Å². The third kappa shape index (κ3) is 5.26. The fourth-order valence-electron chi connectivity index (χ4n) is 0.548. The van der Waals surface area contributed by atoms with Crippen LogP contribution in [0.5, 0.6) is 0 Å². The van der Waals surface area contributed by atoms with Crippen LogP contribution in [0.3, 0.4) is 0 Å². The summed E-state index contributed by atoms with van der Waals surface area (Å²) in [7, 11) is 0. The number of alkyl halides is 4. The van der Waals surface area contributed by atoms with Gasteiger partial charge < -0.3 is 4.74 Å². The molecule has 0 aliphatic carbocycles. The molecule has 0 aromatic carbocycles. The van der Waals surface area contributed by atoms with E-state index in [2.05, 4.69) is 15.9 Å². The lowest BCUT2D eigenvalue weighted by molar-refractivity contribution is -0.165. The van der Waals surface area contributed by atoms with Crippen LogP contribution in [0.2, 0.25) is 0 Å². The molecule has 0 aromatic rings. The zero-order chi connectivity index (χ0) is 11.2. The lowest BCUT2D eigenvalue weighted by Gasteiger charge is -2.10. The highest BCUT2D eigenvalue weighted by Crippen LogP contribution is 2.16. The van der Waals surface area contributed by atoms with E-state index in [1.807, 2.05) is 6.92 Å². The molecular formula is C8H10BrF3O2. The van der Waals surface area contributed by atoms with Crippen molar-refractivity contribution in [2.45, 2.75) is 25.6 Å². The van der Waals surface area contributed by atoms with E-state index in [0.29, 0.717) is 17.8 Å². The molecule has 1 unspecified atom stereocenters. The molecule has 0 heterocycles. The van der Waals surface area contributed by atoms with E-state index in [-0.39, 0.29) is 6.10 Å². The van der Waals surface area contributed by atoms with Crippen LogP contribution in [-0.4, -0.2) is 23.4 Å². The summed E-state index contributed by atoms with van der Waals surface area (Å²) in [6.45, 7) is 1.82.